The van der Waals surface area contributed by atoms with E-state index in [2.05, 4.69) is 5.32 Å². The third-order valence-electron chi connectivity index (χ3n) is 3.55. The molecule has 0 aromatic carbocycles. The van der Waals surface area contributed by atoms with E-state index in [1.807, 2.05) is 0 Å². The zero-order valence-corrected chi connectivity index (χ0v) is 11.5. The molecular formula is C11H23N3O2S. The quantitative estimate of drug-likeness (QED) is 0.779. The molecule has 17 heavy (non-hydrogen) atoms. The number of hydrogen-bond acceptors (Lipinski definition) is 3. The van der Waals surface area contributed by atoms with Crippen LogP contribution in [0, 0.1) is 0 Å². The molecule has 0 aromatic heterocycles. The predicted molar refractivity (Wildman–Crippen MR) is 68.0 cm³/mol. The zero-order valence-electron chi connectivity index (χ0n) is 10.7. The number of hydrogen-bond donors (Lipinski definition) is 1. The van der Waals surface area contributed by atoms with Crippen molar-refractivity contribution in [1.29, 1.82) is 0 Å². The Hall–Kier alpha value is -0.170. The number of piperidine rings is 1. The maximum Gasteiger partial charge on any atom is 0.281 e. The van der Waals surface area contributed by atoms with E-state index in [9.17, 15) is 8.42 Å². The Morgan fingerprint density at radius 2 is 1.94 bits per heavy atom. The molecule has 2 aliphatic rings. The van der Waals surface area contributed by atoms with Crippen molar-refractivity contribution in [3.05, 3.63) is 0 Å². The van der Waals surface area contributed by atoms with Crippen LogP contribution in [0.3, 0.4) is 0 Å². The Labute approximate surface area is 104 Å². The molecule has 1 saturated heterocycles. The van der Waals surface area contributed by atoms with Gasteiger partial charge in [0.05, 0.1) is 0 Å². The third-order valence-corrected chi connectivity index (χ3v) is 5.55. The largest absolute Gasteiger partial charge is 0.312 e. The van der Waals surface area contributed by atoms with Gasteiger partial charge in [-0.3, -0.25) is 0 Å². The van der Waals surface area contributed by atoms with Gasteiger partial charge < -0.3 is 5.32 Å². The smallest absolute Gasteiger partial charge is 0.281 e. The van der Waals surface area contributed by atoms with Crippen LogP contribution in [0.5, 0.6) is 0 Å². The lowest BCUT2D eigenvalue weighted by Gasteiger charge is -2.36. The molecule has 0 amide bonds. The van der Waals surface area contributed by atoms with Crippen LogP contribution in [0.4, 0.5) is 0 Å². The van der Waals surface area contributed by atoms with Crippen LogP contribution in [0.25, 0.3) is 0 Å². The molecule has 0 bridgehead atoms. The van der Waals surface area contributed by atoms with Crippen LogP contribution in [-0.2, 0) is 10.2 Å². The van der Waals surface area contributed by atoms with Crippen molar-refractivity contribution in [2.45, 2.75) is 44.2 Å². The number of rotatable bonds is 5. The minimum Gasteiger partial charge on any atom is -0.312 e. The molecule has 1 atom stereocenters. The summed E-state index contributed by atoms with van der Waals surface area (Å²) in [6.45, 7) is 1.47. The van der Waals surface area contributed by atoms with E-state index >= 15 is 0 Å². The van der Waals surface area contributed by atoms with Crippen molar-refractivity contribution in [1.82, 2.24) is 13.9 Å². The van der Waals surface area contributed by atoms with Crippen molar-refractivity contribution in [2.24, 2.45) is 0 Å². The van der Waals surface area contributed by atoms with Crippen LogP contribution in [-0.4, -0.2) is 56.3 Å². The zero-order chi connectivity index (χ0) is 12.5. The summed E-state index contributed by atoms with van der Waals surface area (Å²) < 4.78 is 27.4. The second-order valence-electron chi connectivity index (χ2n) is 5.23. The van der Waals surface area contributed by atoms with E-state index in [1.165, 1.54) is 17.1 Å². The molecule has 1 N–H and O–H groups in total. The van der Waals surface area contributed by atoms with Gasteiger partial charge in [-0.05, 0) is 25.7 Å². The lowest BCUT2D eigenvalue weighted by atomic mass is 10.1. The molecule has 2 fully saturated rings. The lowest BCUT2D eigenvalue weighted by molar-refractivity contribution is 0.233. The molecule has 6 heteroatoms. The maximum absolute atomic E-state index is 12.2. The maximum atomic E-state index is 12.2. The fraction of sp³-hybridized carbons (Fsp3) is 1.00. The van der Waals surface area contributed by atoms with Crippen LogP contribution in [0.2, 0.25) is 0 Å². The molecule has 0 radical (unpaired) electrons. The van der Waals surface area contributed by atoms with Gasteiger partial charge in [-0.2, -0.15) is 17.0 Å². The van der Waals surface area contributed by atoms with Gasteiger partial charge in [0, 0.05) is 39.3 Å². The summed E-state index contributed by atoms with van der Waals surface area (Å²) in [6.07, 6.45) is 5.58. The van der Waals surface area contributed by atoms with E-state index in [1.54, 1.807) is 18.4 Å². The number of nitrogens with zero attached hydrogens (tertiary/aromatic N) is 2. The Kier molecular flexibility index (Phi) is 4.07. The van der Waals surface area contributed by atoms with Gasteiger partial charge in [-0.25, -0.2) is 0 Å². The molecule has 1 heterocycles. The van der Waals surface area contributed by atoms with Gasteiger partial charge in [-0.15, -0.1) is 0 Å². The monoisotopic (exact) mass is 261 g/mol. The molecule has 1 unspecified atom stereocenters. The van der Waals surface area contributed by atoms with E-state index in [0.717, 1.165) is 25.8 Å². The molecule has 0 aromatic rings. The van der Waals surface area contributed by atoms with E-state index < -0.39 is 10.2 Å². The van der Waals surface area contributed by atoms with E-state index in [-0.39, 0.29) is 6.04 Å². The highest BCUT2D eigenvalue weighted by molar-refractivity contribution is 7.86. The average Bonchev–Trinajstić information content (AvgIpc) is 3.10. The molecular weight excluding hydrogens is 238 g/mol. The van der Waals surface area contributed by atoms with Crippen molar-refractivity contribution in [2.75, 3.05) is 27.2 Å². The Morgan fingerprint density at radius 3 is 2.53 bits per heavy atom. The molecule has 1 aliphatic carbocycles. The minimum absolute atomic E-state index is 0.136. The summed E-state index contributed by atoms with van der Waals surface area (Å²) in [7, 11) is -0.0370. The van der Waals surface area contributed by atoms with Crippen LogP contribution in [0.1, 0.15) is 32.1 Å². The van der Waals surface area contributed by atoms with E-state index in [0.29, 0.717) is 12.6 Å². The van der Waals surface area contributed by atoms with E-state index in [4.69, 9.17) is 0 Å². The SMILES string of the molecule is CN(C)S(=O)(=O)N1CCCCC1CNC1CC1. The standard InChI is InChI=1S/C11H23N3O2S/c1-13(2)17(15,16)14-8-4-3-5-11(14)9-12-10-6-7-10/h10-12H,3-9H2,1-2H3. The summed E-state index contributed by atoms with van der Waals surface area (Å²) in [5.41, 5.74) is 0. The van der Waals surface area contributed by atoms with Crippen molar-refractivity contribution in [3.63, 3.8) is 0 Å². The molecule has 100 valence electrons. The first-order valence-electron chi connectivity index (χ1n) is 6.44. The minimum atomic E-state index is -3.25. The summed E-state index contributed by atoms with van der Waals surface area (Å²) in [4.78, 5) is 0. The molecule has 2 rings (SSSR count). The number of nitrogens with one attached hydrogen (secondary N) is 1. The van der Waals surface area contributed by atoms with Crippen molar-refractivity contribution < 1.29 is 8.42 Å². The highest BCUT2D eigenvalue weighted by atomic mass is 32.2. The fourth-order valence-corrected chi connectivity index (χ4v) is 3.62. The van der Waals surface area contributed by atoms with Gasteiger partial charge in [0.2, 0.25) is 0 Å². The molecule has 0 spiro atoms. The van der Waals surface area contributed by atoms with Crippen molar-refractivity contribution >= 4 is 10.2 Å². The third kappa shape index (κ3) is 3.19. The van der Waals surface area contributed by atoms with Crippen molar-refractivity contribution in [3.8, 4) is 0 Å². The van der Waals surface area contributed by atoms with Crippen LogP contribution >= 0.6 is 0 Å². The first-order valence-corrected chi connectivity index (χ1v) is 7.84. The van der Waals surface area contributed by atoms with Gasteiger partial charge in [-0.1, -0.05) is 6.42 Å². The Morgan fingerprint density at radius 1 is 1.24 bits per heavy atom. The first kappa shape index (κ1) is 13.3. The second kappa shape index (κ2) is 5.22. The van der Waals surface area contributed by atoms with Gasteiger partial charge in [0.25, 0.3) is 10.2 Å². The predicted octanol–water partition coefficient (Wildman–Crippen LogP) is 0.399. The summed E-state index contributed by atoms with van der Waals surface area (Å²) in [5, 5.41) is 3.44. The average molecular weight is 261 g/mol. The Balaban J connectivity index is 2.00. The summed E-state index contributed by atoms with van der Waals surface area (Å²) in [6, 6.07) is 0.776. The fourth-order valence-electron chi connectivity index (χ4n) is 2.28. The van der Waals surface area contributed by atoms with Crippen LogP contribution < -0.4 is 5.32 Å². The first-order chi connectivity index (χ1) is 8.01. The van der Waals surface area contributed by atoms with Gasteiger partial charge in [0.1, 0.15) is 0 Å². The van der Waals surface area contributed by atoms with Gasteiger partial charge >= 0.3 is 0 Å². The summed E-state index contributed by atoms with van der Waals surface area (Å²) >= 11 is 0. The summed E-state index contributed by atoms with van der Waals surface area (Å²) in [5.74, 6) is 0. The van der Waals surface area contributed by atoms with Crippen LogP contribution in [0.15, 0.2) is 0 Å². The topological polar surface area (TPSA) is 52.7 Å². The van der Waals surface area contributed by atoms with Gasteiger partial charge in [0.15, 0.2) is 0 Å². The lowest BCUT2D eigenvalue weighted by Crippen LogP contribution is -2.52. The molecule has 5 nitrogen and oxygen atoms in total. The second-order valence-corrected chi connectivity index (χ2v) is 7.33. The Bertz CT molecular complexity index is 352. The molecule has 1 aliphatic heterocycles. The normalized spacial score (nSPS) is 27.6. The highest BCUT2D eigenvalue weighted by Gasteiger charge is 2.34. The highest BCUT2D eigenvalue weighted by Crippen LogP contribution is 2.23. The molecule has 1 saturated carbocycles.